The summed E-state index contributed by atoms with van der Waals surface area (Å²) in [7, 11) is 1.42. The number of anilines is 3. The number of methoxy groups -OCH3 is 1. The van der Waals surface area contributed by atoms with E-state index in [4.69, 9.17) is 7.80 Å². The Hall–Kier alpha value is -2.86. The van der Waals surface area contributed by atoms with E-state index < -0.39 is 27.4 Å². The second kappa shape index (κ2) is 8.94. The first kappa shape index (κ1) is 21.0. The standard InChI is InChI=1S/C22H22FIN5O3/c1-31-21-13(23)4-2-5-15(21)28-20-17-19-14(10-27-22(17)30)24-32-9-3-7-26-16-11-25-8-6-12(16)18(20)29-19/h2,4-6,8,11,14,26,28-29H,3,7,9-10H2,1H3,(H,27,30)/q-1. The van der Waals surface area contributed by atoms with Crippen LogP contribution in [0.15, 0.2) is 36.7 Å². The molecular formula is C22H22FIN5O3-. The Morgan fingerprint density at radius 1 is 1.31 bits per heavy atom. The zero-order chi connectivity index (χ0) is 22.1. The van der Waals surface area contributed by atoms with Crippen LogP contribution < -0.4 is 42.3 Å². The number of amides is 1. The Kier molecular flexibility index (Phi) is 5.87. The number of pyridine rings is 1. The third kappa shape index (κ3) is 3.77. The number of benzene rings is 1. The molecule has 1 amide bonds. The molecule has 1 unspecified atom stereocenters. The third-order valence-corrected chi connectivity index (χ3v) is 7.89. The Labute approximate surface area is 195 Å². The topological polar surface area (TPSA) is 100 Å². The Balaban J connectivity index is 1.73. The van der Waals surface area contributed by atoms with Crippen LogP contribution >= 0.6 is 0 Å². The minimum atomic E-state index is -0.640. The fourth-order valence-electron chi connectivity index (χ4n) is 3.94. The first-order valence-electron chi connectivity index (χ1n) is 10.2. The second-order valence-electron chi connectivity index (χ2n) is 7.39. The van der Waals surface area contributed by atoms with Gasteiger partial charge >= 0.3 is 195 Å². The molecule has 0 saturated heterocycles. The zero-order valence-electron chi connectivity index (χ0n) is 17.3. The molecular weight excluding hydrogens is 528 g/mol. The van der Waals surface area contributed by atoms with Crippen molar-refractivity contribution >= 4 is 23.0 Å². The van der Waals surface area contributed by atoms with Gasteiger partial charge in [0.15, 0.2) is 0 Å². The van der Waals surface area contributed by atoms with E-state index in [1.54, 1.807) is 24.5 Å². The second-order valence-corrected chi connectivity index (χ2v) is 10.0. The zero-order valence-corrected chi connectivity index (χ0v) is 19.5. The molecule has 1 aromatic carbocycles. The summed E-state index contributed by atoms with van der Waals surface area (Å²) in [5.41, 5.74) is 4.82. The van der Waals surface area contributed by atoms with Crippen molar-refractivity contribution in [3.05, 3.63) is 53.7 Å². The normalized spacial score (nSPS) is 18.1. The molecule has 2 aliphatic heterocycles. The van der Waals surface area contributed by atoms with Gasteiger partial charge in [0.1, 0.15) is 0 Å². The monoisotopic (exact) mass is 550 g/mol. The predicted octanol–water partition coefficient (Wildman–Crippen LogP) is 0.589. The summed E-state index contributed by atoms with van der Waals surface area (Å²) in [5, 5.41) is 9.69. The van der Waals surface area contributed by atoms with Crippen LogP contribution in [0.25, 0.3) is 11.3 Å². The minimum absolute atomic E-state index is 0.0860. The number of rotatable bonds is 3. The molecule has 3 aromatic rings. The fraction of sp³-hybridized carbons (Fsp3) is 0.273. The van der Waals surface area contributed by atoms with E-state index >= 15 is 0 Å². The van der Waals surface area contributed by atoms with Crippen molar-refractivity contribution in [1.82, 2.24) is 15.3 Å². The third-order valence-electron chi connectivity index (χ3n) is 5.42. The number of halogens is 2. The molecule has 0 aliphatic carbocycles. The first-order chi connectivity index (χ1) is 15.7. The molecule has 5 rings (SSSR count). The van der Waals surface area contributed by atoms with Gasteiger partial charge in [0.05, 0.1) is 0 Å². The summed E-state index contributed by atoms with van der Waals surface area (Å²) in [6.07, 6.45) is 4.35. The van der Waals surface area contributed by atoms with Crippen LogP contribution in [0.3, 0.4) is 0 Å². The van der Waals surface area contributed by atoms with Gasteiger partial charge in [-0.3, -0.25) is 0 Å². The molecule has 1 atom stereocenters. The van der Waals surface area contributed by atoms with Crippen molar-refractivity contribution in [2.45, 2.75) is 10.3 Å². The Bertz CT molecular complexity index is 1170. The molecule has 8 nitrogen and oxygen atoms in total. The fourth-order valence-corrected chi connectivity index (χ4v) is 6.06. The van der Waals surface area contributed by atoms with Crippen LogP contribution in [0, 0.1) is 5.82 Å². The van der Waals surface area contributed by atoms with Crippen LogP contribution in [-0.2, 0) is 3.07 Å². The molecule has 32 heavy (non-hydrogen) atoms. The molecule has 4 heterocycles. The number of ether oxygens (including phenoxy) is 1. The number of H-pyrrole nitrogens is 1. The molecule has 0 radical (unpaired) electrons. The summed E-state index contributed by atoms with van der Waals surface area (Å²) >= 11 is -0.640. The molecule has 2 aliphatic rings. The van der Waals surface area contributed by atoms with Crippen LogP contribution in [0.5, 0.6) is 5.75 Å². The molecule has 10 heteroatoms. The van der Waals surface area contributed by atoms with E-state index in [0.29, 0.717) is 30.1 Å². The van der Waals surface area contributed by atoms with Crippen LogP contribution in [0.2, 0.25) is 0 Å². The van der Waals surface area contributed by atoms with Crippen LogP contribution in [-0.4, -0.2) is 42.7 Å². The number of nitrogens with one attached hydrogen (secondary N) is 4. The number of carbonyl (C=O) groups is 1. The Morgan fingerprint density at radius 3 is 3.09 bits per heavy atom. The van der Waals surface area contributed by atoms with Crippen molar-refractivity contribution in [3.63, 3.8) is 0 Å². The van der Waals surface area contributed by atoms with Gasteiger partial charge < -0.3 is 0 Å². The number of hydrogen-bond acceptors (Lipinski definition) is 6. The van der Waals surface area contributed by atoms with Gasteiger partial charge in [0.2, 0.25) is 0 Å². The number of nitrogens with zero attached hydrogens (tertiary/aromatic N) is 1. The molecule has 168 valence electrons. The molecule has 0 spiro atoms. The van der Waals surface area contributed by atoms with Gasteiger partial charge in [-0.15, -0.1) is 0 Å². The van der Waals surface area contributed by atoms with E-state index in [-0.39, 0.29) is 15.6 Å². The van der Waals surface area contributed by atoms with E-state index in [1.165, 1.54) is 13.2 Å². The maximum absolute atomic E-state index is 14.4. The average molecular weight is 550 g/mol. The van der Waals surface area contributed by atoms with E-state index in [2.05, 4.69) is 25.9 Å². The van der Waals surface area contributed by atoms with E-state index in [9.17, 15) is 9.18 Å². The van der Waals surface area contributed by atoms with Crippen LogP contribution in [0.4, 0.5) is 21.5 Å². The molecule has 2 bridgehead atoms. The summed E-state index contributed by atoms with van der Waals surface area (Å²) in [6.45, 7) is 1.93. The van der Waals surface area contributed by atoms with E-state index in [0.717, 1.165) is 35.6 Å². The maximum atomic E-state index is 14.4. The number of alkyl halides is 1. The number of fused-ring (bicyclic) bond motifs is 3. The van der Waals surface area contributed by atoms with Crippen molar-refractivity contribution in [2.24, 2.45) is 0 Å². The van der Waals surface area contributed by atoms with Crippen LogP contribution in [0.1, 0.15) is 26.4 Å². The predicted molar refractivity (Wildman–Crippen MR) is 114 cm³/mol. The van der Waals surface area contributed by atoms with E-state index in [1.807, 2.05) is 6.07 Å². The number of para-hydroxylation sites is 1. The van der Waals surface area contributed by atoms with Gasteiger partial charge in [-0.25, -0.2) is 0 Å². The van der Waals surface area contributed by atoms with Gasteiger partial charge in [-0.2, -0.15) is 0 Å². The Morgan fingerprint density at radius 2 is 2.22 bits per heavy atom. The number of aromatic amines is 1. The molecule has 2 aromatic heterocycles. The van der Waals surface area contributed by atoms with Crippen molar-refractivity contribution in [3.8, 4) is 17.0 Å². The quantitative estimate of drug-likeness (QED) is 0.282. The number of hydrogen-bond donors (Lipinski definition) is 4. The molecule has 0 fully saturated rings. The molecule has 4 N–H and O–H groups in total. The summed E-state index contributed by atoms with van der Waals surface area (Å²) in [6, 6.07) is 6.56. The van der Waals surface area contributed by atoms with Crippen molar-refractivity contribution in [1.29, 1.82) is 0 Å². The summed E-state index contributed by atoms with van der Waals surface area (Å²) in [4.78, 5) is 20.8. The van der Waals surface area contributed by atoms with Gasteiger partial charge in [0, 0.05) is 0 Å². The summed E-state index contributed by atoms with van der Waals surface area (Å²) in [5.74, 6) is -0.579. The number of carbonyl (C=O) groups excluding carboxylic acids is 1. The van der Waals surface area contributed by atoms with Crippen molar-refractivity contribution < 1.29 is 38.6 Å². The SMILES string of the molecule is COc1c(F)cccc1Nc1c2[nH]c3c1C(=O)NCC3[I-]OCCCNc1cnccc1-2. The first-order valence-corrected chi connectivity index (χ1v) is 12.4. The number of aromatic nitrogens is 2. The van der Waals surface area contributed by atoms with Gasteiger partial charge in [-0.1, -0.05) is 0 Å². The molecule has 0 saturated carbocycles. The summed E-state index contributed by atoms with van der Waals surface area (Å²) < 4.78 is 25.7. The van der Waals surface area contributed by atoms with Gasteiger partial charge in [0.25, 0.3) is 0 Å². The van der Waals surface area contributed by atoms with Gasteiger partial charge in [-0.05, 0) is 0 Å². The van der Waals surface area contributed by atoms with Crippen molar-refractivity contribution in [2.75, 3.05) is 37.4 Å². The average Bonchev–Trinajstić information content (AvgIpc) is 3.17.